The Morgan fingerprint density at radius 1 is 1.25 bits per heavy atom. The largest absolute Gasteiger partial charge is 0.268 e. The summed E-state index contributed by atoms with van der Waals surface area (Å²) in [6, 6.07) is 8.34. The maximum absolute atomic E-state index is 4.19. The molecule has 1 aromatic carbocycles. The Morgan fingerprint density at radius 3 is 3.00 bits per heavy atom. The van der Waals surface area contributed by atoms with Crippen LogP contribution in [0.15, 0.2) is 29.3 Å². The number of hydrogen-bond donors (Lipinski definition) is 0. The molecule has 60 valence electrons. The normalized spacial score (nSPS) is 14.9. The van der Waals surface area contributed by atoms with E-state index >= 15 is 0 Å². The zero-order valence-corrected chi connectivity index (χ0v) is 8.65. The summed E-state index contributed by atoms with van der Waals surface area (Å²) in [5, 5.41) is 2.53. The summed E-state index contributed by atoms with van der Waals surface area (Å²) in [4.78, 5) is 4.19. The van der Waals surface area contributed by atoms with E-state index in [-0.39, 0.29) is 0 Å². The predicted octanol–water partition coefficient (Wildman–Crippen LogP) is 1.44. The van der Waals surface area contributed by atoms with Crippen molar-refractivity contribution in [2.75, 3.05) is 0 Å². The molecule has 0 amide bonds. The SMILES string of the molecule is IC1=c2ccccc2=CN=CC1. The molecule has 2 heteroatoms. The third-order valence-corrected chi connectivity index (χ3v) is 2.86. The Morgan fingerprint density at radius 2 is 2.08 bits per heavy atom. The van der Waals surface area contributed by atoms with Gasteiger partial charge in [0, 0.05) is 27.6 Å². The van der Waals surface area contributed by atoms with Crippen molar-refractivity contribution in [2.24, 2.45) is 4.99 Å². The van der Waals surface area contributed by atoms with Crippen molar-refractivity contribution in [2.45, 2.75) is 6.42 Å². The van der Waals surface area contributed by atoms with Crippen LogP contribution in [-0.4, -0.2) is 6.21 Å². The van der Waals surface area contributed by atoms with Crippen LogP contribution < -0.4 is 10.4 Å². The fourth-order valence-electron chi connectivity index (χ4n) is 1.23. The van der Waals surface area contributed by atoms with E-state index in [1.165, 1.54) is 14.0 Å². The van der Waals surface area contributed by atoms with Gasteiger partial charge in [0.05, 0.1) is 0 Å². The lowest BCUT2D eigenvalue weighted by Gasteiger charge is -1.91. The van der Waals surface area contributed by atoms with Crippen molar-refractivity contribution >= 4 is 38.6 Å². The number of benzene rings is 1. The second kappa shape index (κ2) is 3.39. The highest BCUT2D eigenvalue weighted by molar-refractivity contribution is 14.1. The number of nitrogens with zero attached hydrogens (tertiary/aromatic N) is 1. The number of fused-ring (bicyclic) bond motifs is 1. The first-order chi connectivity index (χ1) is 5.88. The Bertz CT molecular complexity index is 431. The minimum atomic E-state index is 0.952. The van der Waals surface area contributed by atoms with Crippen LogP contribution in [-0.2, 0) is 0 Å². The molecule has 0 saturated heterocycles. The molecule has 0 N–H and O–H groups in total. The van der Waals surface area contributed by atoms with E-state index in [2.05, 4.69) is 45.8 Å². The molecule has 1 nitrogen and oxygen atoms in total. The van der Waals surface area contributed by atoms with E-state index < -0.39 is 0 Å². The van der Waals surface area contributed by atoms with Gasteiger partial charge in [-0.3, -0.25) is 4.99 Å². The first-order valence-electron chi connectivity index (χ1n) is 3.83. The van der Waals surface area contributed by atoms with E-state index in [0.717, 1.165) is 6.42 Å². The van der Waals surface area contributed by atoms with Gasteiger partial charge in [-0.25, -0.2) is 0 Å². The van der Waals surface area contributed by atoms with Gasteiger partial charge in [-0.05, 0) is 27.8 Å². The van der Waals surface area contributed by atoms with Crippen LogP contribution in [0.1, 0.15) is 6.42 Å². The van der Waals surface area contributed by atoms with Crippen molar-refractivity contribution in [3.63, 3.8) is 0 Å². The van der Waals surface area contributed by atoms with E-state index in [1.807, 2.05) is 18.5 Å². The van der Waals surface area contributed by atoms with Gasteiger partial charge in [-0.1, -0.05) is 24.3 Å². The van der Waals surface area contributed by atoms with Crippen molar-refractivity contribution in [1.82, 2.24) is 0 Å². The standard InChI is InChI=1S/C10H8IN/c11-10-5-6-12-7-8-3-1-2-4-9(8)10/h1-4,6-7H,5H2. The minimum absolute atomic E-state index is 0.952. The zero-order chi connectivity index (χ0) is 8.39. The highest BCUT2D eigenvalue weighted by atomic mass is 127. The van der Waals surface area contributed by atoms with Gasteiger partial charge in [-0.2, -0.15) is 0 Å². The van der Waals surface area contributed by atoms with Crippen molar-refractivity contribution < 1.29 is 0 Å². The fraction of sp³-hybridized carbons (Fsp3) is 0.100. The van der Waals surface area contributed by atoms with E-state index in [1.54, 1.807) is 0 Å². The summed E-state index contributed by atoms with van der Waals surface area (Å²) in [5.41, 5.74) is 0. The van der Waals surface area contributed by atoms with Crippen LogP contribution >= 0.6 is 22.6 Å². The zero-order valence-electron chi connectivity index (χ0n) is 6.50. The van der Waals surface area contributed by atoms with Crippen LogP contribution in [0.5, 0.6) is 0 Å². The third-order valence-electron chi connectivity index (χ3n) is 1.84. The molecule has 0 aromatic heterocycles. The molecule has 2 rings (SSSR count). The summed E-state index contributed by atoms with van der Waals surface area (Å²) in [6.45, 7) is 0. The Hall–Kier alpha value is -0.640. The van der Waals surface area contributed by atoms with E-state index in [0.29, 0.717) is 0 Å². The number of aliphatic imine (C=N–C) groups is 1. The van der Waals surface area contributed by atoms with Crippen LogP contribution in [0.3, 0.4) is 0 Å². The van der Waals surface area contributed by atoms with Crippen LogP contribution in [0, 0.1) is 0 Å². The molecular formula is C10H8IN. The van der Waals surface area contributed by atoms with Crippen molar-refractivity contribution in [3.8, 4) is 0 Å². The Labute approximate surface area is 84.7 Å². The Balaban J connectivity index is 2.88. The predicted molar refractivity (Wildman–Crippen MR) is 60.7 cm³/mol. The van der Waals surface area contributed by atoms with Crippen molar-refractivity contribution in [3.05, 3.63) is 34.7 Å². The first-order valence-corrected chi connectivity index (χ1v) is 4.91. The summed E-state index contributed by atoms with van der Waals surface area (Å²) >= 11 is 2.38. The van der Waals surface area contributed by atoms with Gasteiger partial charge in [0.1, 0.15) is 0 Å². The molecule has 0 bridgehead atoms. The number of halogens is 1. The molecule has 0 unspecified atom stereocenters. The van der Waals surface area contributed by atoms with E-state index in [4.69, 9.17) is 0 Å². The van der Waals surface area contributed by atoms with Gasteiger partial charge in [0.25, 0.3) is 0 Å². The molecule has 0 atom stereocenters. The molecule has 0 aliphatic carbocycles. The van der Waals surface area contributed by atoms with Crippen LogP contribution in [0.2, 0.25) is 0 Å². The first kappa shape index (κ1) is 7.98. The summed E-state index contributed by atoms with van der Waals surface area (Å²) in [5.74, 6) is 0. The lowest BCUT2D eigenvalue weighted by molar-refractivity contribution is 1.49. The highest BCUT2D eigenvalue weighted by Crippen LogP contribution is 2.08. The summed E-state index contributed by atoms with van der Waals surface area (Å²) in [7, 11) is 0. The van der Waals surface area contributed by atoms with Crippen LogP contribution in [0.25, 0.3) is 9.78 Å². The number of rotatable bonds is 0. The maximum Gasteiger partial charge on any atom is 0.0342 e. The van der Waals surface area contributed by atoms with Gasteiger partial charge in [-0.15, -0.1) is 0 Å². The molecule has 12 heavy (non-hydrogen) atoms. The minimum Gasteiger partial charge on any atom is -0.268 e. The lowest BCUT2D eigenvalue weighted by Crippen LogP contribution is -2.24. The topological polar surface area (TPSA) is 12.4 Å². The molecule has 1 aromatic rings. The molecule has 0 radical (unpaired) electrons. The van der Waals surface area contributed by atoms with E-state index in [9.17, 15) is 0 Å². The highest BCUT2D eigenvalue weighted by Gasteiger charge is 1.94. The molecule has 0 spiro atoms. The lowest BCUT2D eigenvalue weighted by atomic mass is 10.2. The molecule has 1 aliphatic rings. The molecule has 1 heterocycles. The third kappa shape index (κ3) is 1.43. The van der Waals surface area contributed by atoms with Gasteiger partial charge >= 0.3 is 0 Å². The van der Waals surface area contributed by atoms with Gasteiger partial charge in [0.2, 0.25) is 0 Å². The maximum atomic E-state index is 4.19. The van der Waals surface area contributed by atoms with Crippen molar-refractivity contribution in [1.29, 1.82) is 0 Å². The fourth-order valence-corrected chi connectivity index (χ4v) is 1.92. The van der Waals surface area contributed by atoms with Crippen LogP contribution in [0.4, 0.5) is 0 Å². The average molecular weight is 269 g/mol. The molecule has 0 saturated carbocycles. The Kier molecular flexibility index (Phi) is 2.26. The summed E-state index contributed by atoms with van der Waals surface area (Å²) in [6.07, 6.45) is 4.82. The quantitative estimate of drug-likeness (QED) is 0.632. The summed E-state index contributed by atoms with van der Waals surface area (Å²) < 4.78 is 1.36. The molecular weight excluding hydrogens is 261 g/mol. The smallest absolute Gasteiger partial charge is 0.0342 e. The number of hydrogen-bond acceptors (Lipinski definition) is 1. The molecule has 1 aliphatic heterocycles. The second-order valence-electron chi connectivity index (χ2n) is 2.66. The van der Waals surface area contributed by atoms with Gasteiger partial charge in [0.15, 0.2) is 0 Å². The van der Waals surface area contributed by atoms with Gasteiger partial charge < -0.3 is 0 Å². The average Bonchev–Trinajstić information content (AvgIpc) is 2.29. The molecule has 0 fully saturated rings. The second-order valence-corrected chi connectivity index (χ2v) is 3.96. The monoisotopic (exact) mass is 269 g/mol.